The van der Waals surface area contributed by atoms with Crippen LogP contribution in [0.3, 0.4) is 0 Å². The fourth-order valence-electron chi connectivity index (χ4n) is 1.63. The van der Waals surface area contributed by atoms with Crippen molar-refractivity contribution in [3.05, 3.63) is 24.0 Å². The number of hydrogen-bond donors (Lipinski definition) is 1. The Morgan fingerprint density at radius 2 is 2.18 bits per heavy atom. The van der Waals surface area contributed by atoms with Gasteiger partial charge in [0.1, 0.15) is 5.76 Å². The molecule has 5 heteroatoms. The molecule has 0 bridgehead atoms. The predicted octanol–water partition coefficient (Wildman–Crippen LogP) is 2.81. The minimum Gasteiger partial charge on any atom is -0.494 e. The zero-order valence-electron chi connectivity index (χ0n) is 10.1. The summed E-state index contributed by atoms with van der Waals surface area (Å²) in [6, 6.07) is 0. The predicted molar refractivity (Wildman–Crippen MR) is 60.5 cm³/mol. The molecule has 17 heavy (non-hydrogen) atoms. The molecule has 2 atom stereocenters. The van der Waals surface area contributed by atoms with Gasteiger partial charge in [-0.3, -0.25) is 0 Å². The third-order valence-electron chi connectivity index (χ3n) is 2.82. The number of nitrogens with two attached hydrogens (primary N) is 1. The molecule has 98 valence electrons. The van der Waals surface area contributed by atoms with Crippen LogP contribution in [-0.2, 0) is 4.74 Å². The fraction of sp³-hybridized carbons (Fsp3) is 0.667. The number of rotatable bonds is 5. The van der Waals surface area contributed by atoms with Crippen molar-refractivity contribution in [2.75, 3.05) is 13.2 Å². The van der Waals surface area contributed by atoms with Gasteiger partial charge in [-0.2, -0.15) is 0 Å². The topological polar surface area (TPSA) is 35.2 Å². The molecule has 0 spiro atoms. The van der Waals surface area contributed by atoms with Crippen molar-refractivity contribution in [3.8, 4) is 0 Å². The summed E-state index contributed by atoms with van der Waals surface area (Å²) >= 11 is 0. The maximum absolute atomic E-state index is 14.3. The largest absolute Gasteiger partial charge is 0.494 e. The first-order valence-electron chi connectivity index (χ1n) is 5.56. The van der Waals surface area contributed by atoms with Gasteiger partial charge in [0.05, 0.1) is 6.61 Å². The highest BCUT2D eigenvalue weighted by atomic mass is 19.3. The molecule has 0 heterocycles. The second-order valence-corrected chi connectivity index (χ2v) is 4.50. The van der Waals surface area contributed by atoms with Crippen LogP contribution in [0.15, 0.2) is 24.0 Å². The van der Waals surface area contributed by atoms with E-state index in [2.05, 4.69) is 0 Å². The highest BCUT2D eigenvalue weighted by Crippen LogP contribution is 2.35. The van der Waals surface area contributed by atoms with Crippen molar-refractivity contribution < 1.29 is 17.9 Å². The molecule has 0 amide bonds. The average Bonchev–Trinajstić information content (AvgIpc) is 2.18. The number of allylic oxidation sites excluding steroid dienone is 3. The quantitative estimate of drug-likeness (QED) is 0.813. The zero-order valence-corrected chi connectivity index (χ0v) is 10.1. The summed E-state index contributed by atoms with van der Waals surface area (Å²) in [7, 11) is 0. The lowest BCUT2D eigenvalue weighted by Crippen LogP contribution is -2.38. The van der Waals surface area contributed by atoms with E-state index in [1.807, 2.05) is 0 Å². The van der Waals surface area contributed by atoms with Gasteiger partial charge in [0.2, 0.25) is 5.92 Å². The van der Waals surface area contributed by atoms with Crippen molar-refractivity contribution >= 4 is 0 Å². The van der Waals surface area contributed by atoms with Crippen LogP contribution >= 0.6 is 0 Å². The standard InChI is InChI=1S/C12H18F3NO/c1-11(13,14)6-7-17-10-5-3-4-9(8-16)12(10,2)15/h3-5,9H,6-8,16H2,1-2H3. The summed E-state index contributed by atoms with van der Waals surface area (Å²) < 4.78 is 44.6. The lowest BCUT2D eigenvalue weighted by Gasteiger charge is -2.32. The van der Waals surface area contributed by atoms with E-state index in [9.17, 15) is 13.2 Å². The van der Waals surface area contributed by atoms with E-state index in [0.717, 1.165) is 6.92 Å². The van der Waals surface area contributed by atoms with E-state index in [1.54, 1.807) is 12.2 Å². The molecule has 2 unspecified atom stereocenters. The molecule has 0 fully saturated rings. The molecular weight excluding hydrogens is 231 g/mol. The van der Waals surface area contributed by atoms with Crippen LogP contribution < -0.4 is 5.73 Å². The third kappa shape index (κ3) is 3.77. The smallest absolute Gasteiger partial charge is 0.248 e. The van der Waals surface area contributed by atoms with Gasteiger partial charge in [-0.05, 0) is 19.9 Å². The van der Waals surface area contributed by atoms with E-state index < -0.39 is 23.9 Å². The van der Waals surface area contributed by atoms with E-state index in [1.165, 1.54) is 13.0 Å². The first-order chi connectivity index (χ1) is 7.77. The molecule has 0 aromatic heterocycles. The van der Waals surface area contributed by atoms with Crippen molar-refractivity contribution in [2.24, 2.45) is 11.7 Å². The number of alkyl halides is 3. The summed E-state index contributed by atoms with van der Waals surface area (Å²) in [6.07, 6.45) is 4.32. The molecule has 0 aliphatic heterocycles. The number of hydrogen-bond acceptors (Lipinski definition) is 2. The van der Waals surface area contributed by atoms with Crippen molar-refractivity contribution in [1.82, 2.24) is 0 Å². The van der Waals surface area contributed by atoms with Crippen LogP contribution in [-0.4, -0.2) is 24.7 Å². The average molecular weight is 249 g/mol. The Morgan fingerprint density at radius 1 is 1.53 bits per heavy atom. The van der Waals surface area contributed by atoms with Crippen LogP contribution in [0.5, 0.6) is 0 Å². The minimum atomic E-state index is -2.80. The molecular formula is C12H18F3NO. The van der Waals surface area contributed by atoms with Gasteiger partial charge >= 0.3 is 0 Å². The Morgan fingerprint density at radius 3 is 2.71 bits per heavy atom. The molecule has 0 aromatic rings. The molecule has 2 nitrogen and oxygen atoms in total. The lowest BCUT2D eigenvalue weighted by molar-refractivity contribution is -0.0181. The summed E-state index contributed by atoms with van der Waals surface area (Å²) in [5.74, 6) is -3.21. The monoisotopic (exact) mass is 249 g/mol. The summed E-state index contributed by atoms with van der Waals surface area (Å²) in [4.78, 5) is 0. The van der Waals surface area contributed by atoms with E-state index in [4.69, 9.17) is 10.5 Å². The van der Waals surface area contributed by atoms with E-state index in [0.29, 0.717) is 0 Å². The molecule has 0 radical (unpaired) electrons. The van der Waals surface area contributed by atoms with Gasteiger partial charge in [0.15, 0.2) is 5.67 Å². The lowest BCUT2D eigenvalue weighted by atomic mass is 9.85. The molecule has 1 rings (SSSR count). The Kier molecular flexibility index (Phi) is 4.25. The van der Waals surface area contributed by atoms with Gasteiger partial charge in [-0.1, -0.05) is 12.2 Å². The Balaban J connectivity index is 2.59. The fourth-order valence-corrected chi connectivity index (χ4v) is 1.63. The van der Waals surface area contributed by atoms with Crippen LogP contribution in [0.4, 0.5) is 13.2 Å². The molecule has 0 saturated heterocycles. The molecule has 0 saturated carbocycles. The van der Waals surface area contributed by atoms with Gasteiger partial charge in [-0.15, -0.1) is 0 Å². The van der Waals surface area contributed by atoms with Crippen molar-refractivity contribution in [2.45, 2.75) is 31.9 Å². The summed E-state index contributed by atoms with van der Waals surface area (Å²) in [5, 5.41) is 0. The first kappa shape index (κ1) is 14.1. The van der Waals surface area contributed by atoms with E-state index >= 15 is 0 Å². The van der Waals surface area contributed by atoms with Gasteiger partial charge in [0.25, 0.3) is 0 Å². The van der Waals surface area contributed by atoms with Crippen LogP contribution in [0, 0.1) is 5.92 Å². The zero-order chi connectivity index (χ0) is 13.1. The minimum absolute atomic E-state index is 0.0692. The van der Waals surface area contributed by atoms with Crippen molar-refractivity contribution in [1.29, 1.82) is 0 Å². The summed E-state index contributed by atoms with van der Waals surface area (Å²) in [6.45, 7) is 2.10. The second-order valence-electron chi connectivity index (χ2n) is 4.50. The first-order valence-corrected chi connectivity index (χ1v) is 5.56. The van der Waals surface area contributed by atoms with E-state index in [-0.39, 0.29) is 18.9 Å². The second kappa shape index (κ2) is 5.12. The molecule has 1 aliphatic carbocycles. The summed E-state index contributed by atoms with van der Waals surface area (Å²) in [5.41, 5.74) is 3.72. The van der Waals surface area contributed by atoms with Gasteiger partial charge in [0, 0.05) is 18.9 Å². The SMILES string of the molecule is CC(F)(F)CCOC1=CC=CC(CN)C1(C)F. The number of ether oxygens (including phenoxy) is 1. The highest BCUT2D eigenvalue weighted by molar-refractivity contribution is 5.26. The van der Waals surface area contributed by atoms with Crippen LogP contribution in [0.1, 0.15) is 20.3 Å². The van der Waals surface area contributed by atoms with Crippen LogP contribution in [0.2, 0.25) is 0 Å². The Labute approximate surface area is 99.3 Å². The highest BCUT2D eigenvalue weighted by Gasteiger charge is 2.39. The maximum atomic E-state index is 14.3. The van der Waals surface area contributed by atoms with Crippen molar-refractivity contribution in [3.63, 3.8) is 0 Å². The molecule has 0 aromatic carbocycles. The maximum Gasteiger partial charge on any atom is 0.248 e. The van der Waals surface area contributed by atoms with Gasteiger partial charge < -0.3 is 10.5 Å². The Bertz CT molecular complexity index is 318. The molecule has 1 aliphatic rings. The number of halogens is 3. The third-order valence-corrected chi connectivity index (χ3v) is 2.82. The van der Waals surface area contributed by atoms with Gasteiger partial charge in [-0.25, -0.2) is 13.2 Å². The normalized spacial score (nSPS) is 29.1. The Hall–Kier alpha value is -0.970. The van der Waals surface area contributed by atoms with Crippen LogP contribution in [0.25, 0.3) is 0 Å². The molecule has 2 N–H and O–H groups in total.